The van der Waals surface area contributed by atoms with Crippen molar-refractivity contribution in [2.24, 2.45) is 0 Å². The molecule has 4 aromatic carbocycles. The molecule has 0 amide bonds. The molecule has 0 radical (unpaired) electrons. The third-order valence-electron chi connectivity index (χ3n) is 6.98. The minimum atomic E-state index is -0.532. The molecular weight excluding hydrogens is 476 g/mol. The van der Waals surface area contributed by atoms with Gasteiger partial charge >= 0.3 is 5.97 Å². The lowest BCUT2D eigenvalue weighted by Crippen LogP contribution is -2.31. The van der Waals surface area contributed by atoms with Gasteiger partial charge in [0.15, 0.2) is 21.3 Å². The molecule has 0 atom stereocenters. The van der Waals surface area contributed by atoms with Crippen molar-refractivity contribution in [2.75, 3.05) is 6.61 Å². The van der Waals surface area contributed by atoms with Gasteiger partial charge in [-0.1, -0.05) is 66.7 Å². The maximum Gasteiger partial charge on any atom is 0.345 e. The van der Waals surface area contributed by atoms with Crippen molar-refractivity contribution in [1.82, 2.24) is 0 Å². The Balaban J connectivity index is 1.35. The second kappa shape index (κ2) is 11.3. The molecule has 0 heterocycles. The number of esters is 1. The standard InChI is InChI=1S/C33H33O3S/c1-25-22-30(37(28-16-8-4-9-17-28)29-18-10-5-11-19-29)23-26(2)32(25)35-24-31(34)36-33(20-12-13-21-33)27-14-6-3-7-15-27/h3-11,14-19,22-23H,12-13,20-21,24H2,1-2H3/q+1. The highest BCUT2D eigenvalue weighted by atomic mass is 32.2. The highest BCUT2D eigenvalue weighted by Gasteiger charge is 2.39. The molecule has 0 N–H and O–H groups in total. The summed E-state index contributed by atoms with van der Waals surface area (Å²) in [5, 5.41) is 0. The zero-order valence-electron chi connectivity index (χ0n) is 21.5. The van der Waals surface area contributed by atoms with E-state index >= 15 is 0 Å². The van der Waals surface area contributed by atoms with Crippen LogP contribution in [0, 0.1) is 13.8 Å². The molecule has 1 aliphatic rings. The molecule has 37 heavy (non-hydrogen) atoms. The van der Waals surface area contributed by atoms with Gasteiger partial charge in [-0.05, 0) is 80.5 Å². The van der Waals surface area contributed by atoms with Crippen LogP contribution in [-0.2, 0) is 26.0 Å². The van der Waals surface area contributed by atoms with Crippen LogP contribution >= 0.6 is 0 Å². The molecule has 0 saturated heterocycles. The smallest absolute Gasteiger partial charge is 0.345 e. The molecule has 1 saturated carbocycles. The van der Waals surface area contributed by atoms with Gasteiger partial charge in [0.05, 0.1) is 10.9 Å². The molecule has 3 nitrogen and oxygen atoms in total. The maximum absolute atomic E-state index is 13.0. The summed E-state index contributed by atoms with van der Waals surface area (Å²) in [4.78, 5) is 16.7. The van der Waals surface area contributed by atoms with E-state index in [1.165, 1.54) is 14.7 Å². The molecule has 0 unspecified atom stereocenters. The van der Waals surface area contributed by atoms with E-state index in [2.05, 4.69) is 98.8 Å². The van der Waals surface area contributed by atoms with Crippen LogP contribution in [0.3, 0.4) is 0 Å². The molecule has 1 fully saturated rings. The Labute approximate surface area is 222 Å². The molecule has 0 aromatic heterocycles. The Morgan fingerprint density at radius 1 is 0.730 bits per heavy atom. The van der Waals surface area contributed by atoms with E-state index < -0.39 is 5.60 Å². The average molecular weight is 510 g/mol. The largest absolute Gasteiger partial charge is 0.481 e. The SMILES string of the molecule is Cc1cc([S+](c2ccccc2)c2ccccc2)cc(C)c1OCC(=O)OC1(c2ccccc2)CCCC1. The number of hydrogen-bond donors (Lipinski definition) is 0. The first-order valence-corrected chi connectivity index (χ1v) is 14.1. The van der Waals surface area contributed by atoms with E-state index in [4.69, 9.17) is 9.47 Å². The Morgan fingerprint density at radius 2 is 1.22 bits per heavy atom. The van der Waals surface area contributed by atoms with Gasteiger partial charge in [-0.15, -0.1) is 0 Å². The Bertz CT molecular complexity index is 1270. The van der Waals surface area contributed by atoms with Crippen LogP contribution in [0.5, 0.6) is 5.75 Å². The molecule has 0 bridgehead atoms. The first-order chi connectivity index (χ1) is 18.1. The number of aryl methyl sites for hydroxylation is 2. The van der Waals surface area contributed by atoms with Gasteiger partial charge in [-0.2, -0.15) is 0 Å². The van der Waals surface area contributed by atoms with Crippen molar-refractivity contribution < 1.29 is 14.3 Å². The average Bonchev–Trinajstić information content (AvgIpc) is 3.40. The zero-order chi connectivity index (χ0) is 25.7. The molecule has 4 heteroatoms. The molecule has 0 aliphatic heterocycles. The summed E-state index contributed by atoms with van der Waals surface area (Å²) < 4.78 is 12.2. The van der Waals surface area contributed by atoms with Crippen LogP contribution in [0.15, 0.2) is 118 Å². The lowest BCUT2D eigenvalue weighted by molar-refractivity contribution is -0.163. The fourth-order valence-corrected chi connectivity index (χ4v) is 7.56. The van der Waals surface area contributed by atoms with Crippen molar-refractivity contribution in [2.45, 2.75) is 59.8 Å². The second-order valence-corrected chi connectivity index (χ2v) is 11.7. The summed E-state index contributed by atoms with van der Waals surface area (Å²) in [7, 11) is -0.234. The van der Waals surface area contributed by atoms with E-state index in [1.807, 2.05) is 18.2 Å². The normalized spacial score (nSPS) is 14.5. The van der Waals surface area contributed by atoms with Gasteiger partial charge < -0.3 is 9.47 Å². The van der Waals surface area contributed by atoms with Crippen LogP contribution in [0.4, 0.5) is 0 Å². The Morgan fingerprint density at radius 3 is 1.73 bits per heavy atom. The van der Waals surface area contributed by atoms with Crippen molar-refractivity contribution in [3.05, 3.63) is 120 Å². The number of hydrogen-bond acceptors (Lipinski definition) is 3. The zero-order valence-corrected chi connectivity index (χ0v) is 22.3. The highest BCUT2D eigenvalue weighted by Crippen LogP contribution is 2.42. The van der Waals surface area contributed by atoms with Gasteiger partial charge in [-0.25, -0.2) is 4.79 Å². The molecule has 188 valence electrons. The summed E-state index contributed by atoms with van der Waals surface area (Å²) in [6.07, 6.45) is 3.84. The van der Waals surface area contributed by atoms with Gasteiger partial charge in [0.2, 0.25) is 0 Å². The number of rotatable bonds is 8. The third kappa shape index (κ3) is 5.60. The minimum Gasteiger partial charge on any atom is -0.481 e. The van der Waals surface area contributed by atoms with E-state index in [9.17, 15) is 4.79 Å². The lowest BCUT2D eigenvalue weighted by Gasteiger charge is -2.29. The van der Waals surface area contributed by atoms with Gasteiger partial charge in [0.25, 0.3) is 0 Å². The summed E-state index contributed by atoms with van der Waals surface area (Å²) in [6.45, 7) is 4.01. The summed E-state index contributed by atoms with van der Waals surface area (Å²) in [5.41, 5.74) is 2.58. The van der Waals surface area contributed by atoms with E-state index in [1.54, 1.807) is 0 Å². The number of ether oxygens (including phenoxy) is 2. The molecule has 1 aliphatic carbocycles. The topological polar surface area (TPSA) is 35.5 Å². The van der Waals surface area contributed by atoms with Crippen LogP contribution in [0.2, 0.25) is 0 Å². The third-order valence-corrected chi connectivity index (χ3v) is 9.18. The summed E-state index contributed by atoms with van der Waals surface area (Å²) in [6, 6.07) is 35.7. The molecule has 5 rings (SSSR count). The Kier molecular flexibility index (Phi) is 7.66. The Hall–Kier alpha value is -3.50. The fourth-order valence-electron chi connectivity index (χ4n) is 5.29. The van der Waals surface area contributed by atoms with Crippen molar-refractivity contribution in [3.63, 3.8) is 0 Å². The number of carbonyl (C=O) groups excluding carboxylic acids is 1. The molecular formula is C33H33O3S+. The maximum atomic E-state index is 13.0. The highest BCUT2D eigenvalue weighted by molar-refractivity contribution is 7.97. The monoisotopic (exact) mass is 509 g/mol. The number of carbonyl (C=O) groups is 1. The quantitative estimate of drug-likeness (QED) is 0.180. The molecule has 4 aromatic rings. The van der Waals surface area contributed by atoms with Gasteiger partial charge in [-0.3, -0.25) is 0 Å². The first-order valence-electron chi connectivity index (χ1n) is 12.9. The van der Waals surface area contributed by atoms with Crippen molar-refractivity contribution >= 4 is 16.9 Å². The predicted molar refractivity (Wildman–Crippen MR) is 149 cm³/mol. The minimum absolute atomic E-state index is 0.0985. The lowest BCUT2D eigenvalue weighted by atomic mass is 9.92. The van der Waals surface area contributed by atoms with Crippen molar-refractivity contribution in [1.29, 1.82) is 0 Å². The van der Waals surface area contributed by atoms with Crippen LogP contribution in [-0.4, -0.2) is 12.6 Å². The summed E-state index contributed by atoms with van der Waals surface area (Å²) in [5.74, 6) is 0.438. The molecule has 0 spiro atoms. The fraction of sp³-hybridized carbons (Fsp3) is 0.242. The summed E-state index contributed by atoms with van der Waals surface area (Å²) >= 11 is 0. The van der Waals surface area contributed by atoms with E-state index in [0.717, 1.165) is 48.1 Å². The van der Waals surface area contributed by atoms with Gasteiger partial charge in [0, 0.05) is 12.1 Å². The first kappa shape index (κ1) is 25.2. The van der Waals surface area contributed by atoms with E-state index in [0.29, 0.717) is 0 Å². The second-order valence-electron chi connectivity index (χ2n) is 9.65. The van der Waals surface area contributed by atoms with E-state index in [-0.39, 0.29) is 23.5 Å². The van der Waals surface area contributed by atoms with Crippen LogP contribution in [0.25, 0.3) is 0 Å². The van der Waals surface area contributed by atoms with Crippen molar-refractivity contribution in [3.8, 4) is 5.75 Å². The van der Waals surface area contributed by atoms with Crippen LogP contribution < -0.4 is 4.74 Å². The predicted octanol–water partition coefficient (Wildman–Crippen LogP) is 7.79. The van der Waals surface area contributed by atoms with Gasteiger partial charge in [0.1, 0.15) is 11.4 Å². The van der Waals surface area contributed by atoms with Crippen LogP contribution in [0.1, 0.15) is 42.4 Å². The number of benzene rings is 4.